The van der Waals surface area contributed by atoms with E-state index in [0.29, 0.717) is 16.3 Å². The standard InChI is InChI=1S/C14H15N5O2S.ClH/c20-12(17-7-2-1-4-15-6-7)11-10-9-8(18-14(21)19-10)3-5-16-13(9)22-11;/h3,5,7,15H,1-2,4,6H2,(H,17,20)(H2,18,19,21);1H. The third-order valence-electron chi connectivity index (χ3n) is 3.92. The summed E-state index contributed by atoms with van der Waals surface area (Å²) in [6, 6.07) is 1.54. The van der Waals surface area contributed by atoms with E-state index in [9.17, 15) is 9.59 Å². The molecule has 1 unspecified atom stereocenters. The average molecular weight is 354 g/mol. The Bertz CT molecular complexity index is 772. The minimum absolute atomic E-state index is 0. The SMILES string of the molecule is Cl.O=C1Nc2ccnc3sc(C(=O)NC4CCCNC4)c(c23)N1. The van der Waals surface area contributed by atoms with Crippen LogP contribution < -0.4 is 21.3 Å². The minimum Gasteiger partial charge on any atom is -0.347 e. The lowest BCUT2D eigenvalue weighted by molar-refractivity contribution is 0.0935. The lowest BCUT2D eigenvalue weighted by Gasteiger charge is -2.24. The Balaban J connectivity index is 0.00000156. The van der Waals surface area contributed by atoms with Gasteiger partial charge in [0, 0.05) is 18.8 Å². The molecule has 7 nitrogen and oxygen atoms in total. The second-order valence-electron chi connectivity index (χ2n) is 5.44. The smallest absolute Gasteiger partial charge is 0.323 e. The quantitative estimate of drug-likeness (QED) is 0.665. The molecule has 2 aliphatic heterocycles. The molecule has 0 aromatic carbocycles. The van der Waals surface area contributed by atoms with Gasteiger partial charge in [0.1, 0.15) is 9.71 Å². The lowest BCUT2D eigenvalue weighted by atomic mass is 10.1. The van der Waals surface area contributed by atoms with E-state index >= 15 is 0 Å². The number of hydrogen-bond donors (Lipinski definition) is 4. The summed E-state index contributed by atoms with van der Waals surface area (Å²) in [5.41, 5.74) is 1.26. The van der Waals surface area contributed by atoms with Crippen molar-refractivity contribution in [3.05, 3.63) is 17.1 Å². The van der Waals surface area contributed by atoms with Crippen molar-refractivity contribution < 1.29 is 9.59 Å². The molecule has 3 amide bonds. The Kier molecular flexibility index (Phi) is 4.38. The summed E-state index contributed by atoms with van der Waals surface area (Å²) in [6.07, 6.45) is 3.66. The second-order valence-corrected chi connectivity index (χ2v) is 6.44. The van der Waals surface area contributed by atoms with Crippen LogP contribution in [0.15, 0.2) is 12.3 Å². The molecule has 0 radical (unpaired) electrons. The number of rotatable bonds is 2. The van der Waals surface area contributed by atoms with Crippen molar-refractivity contribution >= 4 is 57.3 Å². The zero-order valence-electron chi connectivity index (χ0n) is 12.1. The van der Waals surface area contributed by atoms with E-state index in [1.807, 2.05) is 0 Å². The molecule has 1 saturated heterocycles. The molecule has 0 spiro atoms. The van der Waals surface area contributed by atoms with Crippen molar-refractivity contribution in [2.75, 3.05) is 23.7 Å². The molecular weight excluding hydrogens is 338 g/mol. The number of halogens is 1. The molecule has 1 atom stereocenters. The number of piperidine rings is 1. The van der Waals surface area contributed by atoms with Gasteiger partial charge < -0.3 is 21.3 Å². The molecule has 0 aliphatic carbocycles. The lowest BCUT2D eigenvalue weighted by Crippen LogP contribution is -2.45. The zero-order valence-corrected chi connectivity index (χ0v) is 13.8. The van der Waals surface area contributed by atoms with E-state index in [4.69, 9.17) is 0 Å². The third kappa shape index (κ3) is 2.85. The van der Waals surface area contributed by atoms with Crippen LogP contribution >= 0.6 is 23.7 Å². The number of aromatic nitrogens is 1. The Hall–Kier alpha value is -1.90. The summed E-state index contributed by atoms with van der Waals surface area (Å²) in [5.74, 6) is -0.153. The van der Waals surface area contributed by atoms with E-state index in [0.717, 1.165) is 36.1 Å². The molecule has 9 heteroatoms. The summed E-state index contributed by atoms with van der Waals surface area (Å²) >= 11 is 1.30. The van der Waals surface area contributed by atoms with Gasteiger partial charge in [-0.05, 0) is 25.5 Å². The molecule has 1 fully saturated rings. The monoisotopic (exact) mass is 353 g/mol. The number of carbonyl (C=O) groups is 2. The number of hydrogen-bond acceptors (Lipinski definition) is 5. The van der Waals surface area contributed by atoms with E-state index in [2.05, 4.69) is 26.3 Å². The highest BCUT2D eigenvalue weighted by molar-refractivity contribution is 7.21. The first-order valence-corrected chi connectivity index (χ1v) is 8.05. The average Bonchev–Trinajstić information content (AvgIpc) is 2.88. The molecule has 23 heavy (non-hydrogen) atoms. The molecule has 2 aromatic rings. The van der Waals surface area contributed by atoms with Crippen molar-refractivity contribution in [1.29, 1.82) is 0 Å². The van der Waals surface area contributed by atoms with Crippen LogP contribution in [0, 0.1) is 0 Å². The van der Waals surface area contributed by atoms with Crippen molar-refractivity contribution in [2.45, 2.75) is 18.9 Å². The number of anilines is 2. The van der Waals surface area contributed by atoms with Crippen LogP contribution in [0.2, 0.25) is 0 Å². The van der Waals surface area contributed by atoms with Gasteiger partial charge in [-0.2, -0.15) is 0 Å². The molecule has 0 bridgehead atoms. The number of pyridine rings is 1. The molecule has 2 aliphatic rings. The van der Waals surface area contributed by atoms with Gasteiger partial charge in [0.15, 0.2) is 0 Å². The van der Waals surface area contributed by atoms with Crippen LogP contribution in [0.1, 0.15) is 22.5 Å². The molecule has 2 aromatic heterocycles. The summed E-state index contributed by atoms with van der Waals surface area (Å²) in [7, 11) is 0. The second kappa shape index (κ2) is 6.31. The van der Waals surface area contributed by atoms with Crippen LogP contribution in [-0.2, 0) is 0 Å². The maximum absolute atomic E-state index is 12.6. The van der Waals surface area contributed by atoms with Crippen molar-refractivity contribution in [3.63, 3.8) is 0 Å². The Morgan fingerprint density at radius 3 is 3.04 bits per heavy atom. The van der Waals surface area contributed by atoms with Crippen LogP contribution in [0.5, 0.6) is 0 Å². The topological polar surface area (TPSA) is 95.2 Å². The van der Waals surface area contributed by atoms with Crippen LogP contribution in [-0.4, -0.2) is 36.1 Å². The normalized spacial score (nSPS) is 19.5. The highest BCUT2D eigenvalue weighted by Crippen LogP contribution is 2.41. The van der Waals surface area contributed by atoms with Gasteiger partial charge in [-0.3, -0.25) is 4.79 Å². The van der Waals surface area contributed by atoms with E-state index in [1.54, 1.807) is 12.3 Å². The van der Waals surface area contributed by atoms with Gasteiger partial charge in [0.05, 0.1) is 16.8 Å². The number of urea groups is 1. The first-order valence-electron chi connectivity index (χ1n) is 7.23. The molecule has 4 heterocycles. The Labute approximate surface area is 142 Å². The van der Waals surface area contributed by atoms with E-state index in [-0.39, 0.29) is 30.4 Å². The molecule has 122 valence electrons. The summed E-state index contributed by atoms with van der Waals surface area (Å²) in [4.78, 5) is 29.9. The molecule has 0 saturated carbocycles. The number of nitrogens with zero attached hydrogens (tertiary/aromatic N) is 1. The maximum Gasteiger partial charge on any atom is 0.323 e. The van der Waals surface area contributed by atoms with Crippen molar-refractivity contribution in [2.24, 2.45) is 0 Å². The van der Waals surface area contributed by atoms with Crippen LogP contribution in [0.25, 0.3) is 10.2 Å². The zero-order chi connectivity index (χ0) is 15.1. The van der Waals surface area contributed by atoms with Crippen molar-refractivity contribution in [3.8, 4) is 0 Å². The fourth-order valence-electron chi connectivity index (χ4n) is 2.90. The fraction of sp³-hybridized carbons (Fsp3) is 0.357. The van der Waals surface area contributed by atoms with Gasteiger partial charge in [0.2, 0.25) is 0 Å². The highest BCUT2D eigenvalue weighted by Gasteiger charge is 2.27. The summed E-state index contributed by atoms with van der Waals surface area (Å²) in [6.45, 7) is 1.78. The first kappa shape index (κ1) is 16.0. The van der Waals surface area contributed by atoms with Gasteiger partial charge in [0.25, 0.3) is 5.91 Å². The largest absolute Gasteiger partial charge is 0.347 e. The predicted octanol–water partition coefficient (Wildman–Crippen LogP) is 2.16. The number of nitrogens with one attached hydrogen (secondary N) is 4. The van der Waals surface area contributed by atoms with Crippen LogP contribution in [0.3, 0.4) is 0 Å². The van der Waals surface area contributed by atoms with Gasteiger partial charge >= 0.3 is 6.03 Å². The molecule has 4 rings (SSSR count). The van der Waals surface area contributed by atoms with E-state index in [1.165, 1.54) is 11.3 Å². The van der Waals surface area contributed by atoms with Gasteiger partial charge in [-0.1, -0.05) is 0 Å². The number of amides is 3. The summed E-state index contributed by atoms with van der Waals surface area (Å²) < 4.78 is 0. The third-order valence-corrected chi connectivity index (χ3v) is 5.01. The Morgan fingerprint density at radius 1 is 1.39 bits per heavy atom. The molecular formula is C14H16ClN5O2S. The minimum atomic E-state index is -0.327. The predicted molar refractivity (Wildman–Crippen MR) is 92.9 cm³/mol. The fourth-order valence-corrected chi connectivity index (χ4v) is 3.93. The first-order chi connectivity index (χ1) is 10.7. The van der Waals surface area contributed by atoms with E-state index < -0.39 is 0 Å². The summed E-state index contributed by atoms with van der Waals surface area (Å²) in [5, 5.41) is 12.6. The van der Waals surface area contributed by atoms with Gasteiger partial charge in [-0.25, -0.2) is 9.78 Å². The Morgan fingerprint density at radius 2 is 2.26 bits per heavy atom. The number of thiophene rings is 1. The van der Waals surface area contributed by atoms with Gasteiger partial charge in [-0.15, -0.1) is 23.7 Å². The van der Waals surface area contributed by atoms with Crippen LogP contribution in [0.4, 0.5) is 16.2 Å². The molecule has 4 N–H and O–H groups in total. The van der Waals surface area contributed by atoms with Crippen molar-refractivity contribution in [1.82, 2.24) is 15.6 Å². The highest BCUT2D eigenvalue weighted by atomic mass is 35.5. The number of carbonyl (C=O) groups excluding carboxylic acids is 2. The maximum atomic E-state index is 12.6.